The molecule has 1 saturated heterocycles. The van der Waals surface area contributed by atoms with Gasteiger partial charge in [-0.3, -0.25) is 14.4 Å². The lowest BCUT2D eigenvalue weighted by Gasteiger charge is -2.26. The van der Waals surface area contributed by atoms with Crippen LogP contribution in [0.5, 0.6) is 0 Å². The van der Waals surface area contributed by atoms with Gasteiger partial charge in [0.15, 0.2) is 5.78 Å². The highest BCUT2D eigenvalue weighted by Gasteiger charge is 2.29. The number of anilines is 1. The Hall–Kier alpha value is -3.04. The Labute approximate surface area is 175 Å². The molecule has 0 bridgehead atoms. The number of aryl methyl sites for hydroxylation is 1. The highest BCUT2D eigenvalue weighted by Crippen LogP contribution is 2.20. The van der Waals surface area contributed by atoms with E-state index in [0.29, 0.717) is 11.3 Å². The van der Waals surface area contributed by atoms with Gasteiger partial charge >= 0.3 is 0 Å². The Morgan fingerprint density at radius 1 is 1.10 bits per heavy atom. The number of amides is 2. The van der Waals surface area contributed by atoms with Crippen LogP contribution in [0.1, 0.15) is 28.8 Å². The van der Waals surface area contributed by atoms with Gasteiger partial charge < -0.3 is 10.6 Å². The first-order valence-electron chi connectivity index (χ1n) is 9.52. The van der Waals surface area contributed by atoms with Gasteiger partial charge in [0.25, 0.3) is 0 Å². The van der Waals surface area contributed by atoms with Gasteiger partial charge in [0.1, 0.15) is 0 Å². The van der Waals surface area contributed by atoms with Gasteiger partial charge in [0.2, 0.25) is 21.8 Å². The number of sulfonamides is 1. The molecule has 0 saturated carbocycles. The van der Waals surface area contributed by atoms with Crippen molar-refractivity contribution >= 4 is 33.3 Å². The molecule has 2 aromatic rings. The monoisotopic (exact) mass is 429 g/mol. The Morgan fingerprint density at radius 3 is 2.53 bits per heavy atom. The largest absolute Gasteiger partial charge is 0.354 e. The molecule has 0 spiro atoms. The minimum Gasteiger partial charge on any atom is -0.354 e. The molecule has 1 aliphatic rings. The number of hydrogen-bond donors (Lipinski definition) is 2. The number of carbonyl (C=O) groups is 3. The summed E-state index contributed by atoms with van der Waals surface area (Å²) >= 11 is 0. The Morgan fingerprint density at radius 2 is 1.83 bits per heavy atom. The van der Waals surface area contributed by atoms with Gasteiger partial charge in [-0.05, 0) is 25.1 Å². The maximum Gasteiger partial charge on any atom is 0.243 e. The van der Waals surface area contributed by atoms with Crippen LogP contribution in [0.2, 0.25) is 0 Å². The zero-order valence-electron chi connectivity index (χ0n) is 16.6. The minimum atomic E-state index is -3.85. The van der Waals surface area contributed by atoms with Gasteiger partial charge in [-0.2, -0.15) is 4.31 Å². The second-order valence-corrected chi connectivity index (χ2v) is 8.99. The van der Waals surface area contributed by atoms with Gasteiger partial charge in [-0.1, -0.05) is 35.9 Å². The molecule has 9 heteroatoms. The predicted octanol–water partition coefficient (Wildman–Crippen LogP) is 1.72. The number of piperazine rings is 1. The average Bonchev–Trinajstić information content (AvgIpc) is 2.73. The first-order chi connectivity index (χ1) is 14.3. The fourth-order valence-corrected chi connectivity index (χ4v) is 4.48. The molecular formula is C21H23N3O5S. The highest BCUT2D eigenvalue weighted by atomic mass is 32.2. The van der Waals surface area contributed by atoms with E-state index in [2.05, 4.69) is 10.6 Å². The van der Waals surface area contributed by atoms with E-state index in [4.69, 9.17) is 0 Å². The molecule has 1 heterocycles. The molecule has 0 unspecified atom stereocenters. The average molecular weight is 429 g/mol. The van der Waals surface area contributed by atoms with Crippen molar-refractivity contribution in [3.05, 3.63) is 59.7 Å². The molecular weight excluding hydrogens is 406 g/mol. The lowest BCUT2D eigenvalue weighted by atomic mass is 10.0. The predicted molar refractivity (Wildman–Crippen MR) is 112 cm³/mol. The molecule has 0 aliphatic carbocycles. The van der Waals surface area contributed by atoms with E-state index in [1.807, 2.05) is 19.1 Å². The lowest BCUT2D eigenvalue weighted by Crippen LogP contribution is -2.49. The number of Topliss-reactive ketones (excluding diaryl/α,β-unsaturated/α-hetero) is 1. The molecule has 158 valence electrons. The third-order valence-electron chi connectivity index (χ3n) is 4.71. The summed E-state index contributed by atoms with van der Waals surface area (Å²) in [6.45, 7) is 2.13. The van der Waals surface area contributed by atoms with E-state index < -0.39 is 10.0 Å². The Balaban J connectivity index is 1.61. The number of nitrogens with one attached hydrogen (secondary N) is 2. The summed E-state index contributed by atoms with van der Waals surface area (Å²) in [5.41, 5.74) is 1.90. The third kappa shape index (κ3) is 5.31. The van der Waals surface area contributed by atoms with Crippen LogP contribution < -0.4 is 10.6 Å². The van der Waals surface area contributed by atoms with E-state index in [1.165, 1.54) is 18.2 Å². The SMILES string of the molecule is Cc1ccc(C(=O)CCC(=O)Nc2cccc(S(=O)(=O)N3CCNC(=O)C3)c2)cc1. The summed E-state index contributed by atoms with van der Waals surface area (Å²) in [5.74, 6) is -0.875. The van der Waals surface area contributed by atoms with Crippen molar-refractivity contribution in [2.45, 2.75) is 24.7 Å². The summed E-state index contributed by atoms with van der Waals surface area (Å²) < 4.78 is 26.6. The van der Waals surface area contributed by atoms with Crippen LogP contribution in [-0.2, 0) is 19.6 Å². The van der Waals surface area contributed by atoms with Crippen LogP contribution in [0, 0.1) is 6.92 Å². The van der Waals surface area contributed by atoms with Crippen molar-refractivity contribution in [1.29, 1.82) is 0 Å². The van der Waals surface area contributed by atoms with Crippen LogP contribution in [-0.4, -0.2) is 50.0 Å². The topological polar surface area (TPSA) is 113 Å². The summed E-state index contributed by atoms with van der Waals surface area (Å²) in [6.07, 6.45) is 0.0335. The quantitative estimate of drug-likeness (QED) is 0.651. The van der Waals surface area contributed by atoms with Crippen molar-refractivity contribution in [1.82, 2.24) is 9.62 Å². The maximum atomic E-state index is 12.8. The van der Waals surface area contributed by atoms with Crippen molar-refractivity contribution in [3.8, 4) is 0 Å². The number of benzene rings is 2. The molecule has 0 atom stereocenters. The number of rotatable bonds is 7. The first-order valence-corrected chi connectivity index (χ1v) is 11.0. The second kappa shape index (κ2) is 9.19. The zero-order chi connectivity index (χ0) is 21.7. The fraction of sp³-hybridized carbons (Fsp3) is 0.286. The fourth-order valence-electron chi connectivity index (χ4n) is 3.04. The molecule has 1 fully saturated rings. The van der Waals surface area contributed by atoms with E-state index in [9.17, 15) is 22.8 Å². The number of ketones is 1. The van der Waals surface area contributed by atoms with Gasteiger partial charge in [-0.15, -0.1) is 0 Å². The van der Waals surface area contributed by atoms with Crippen LogP contribution in [0.25, 0.3) is 0 Å². The molecule has 0 aromatic heterocycles. The van der Waals surface area contributed by atoms with E-state index >= 15 is 0 Å². The maximum absolute atomic E-state index is 12.8. The molecule has 8 nitrogen and oxygen atoms in total. The second-order valence-electron chi connectivity index (χ2n) is 7.05. The number of nitrogens with zero attached hydrogens (tertiary/aromatic N) is 1. The highest BCUT2D eigenvalue weighted by molar-refractivity contribution is 7.89. The zero-order valence-corrected chi connectivity index (χ0v) is 17.4. The van der Waals surface area contributed by atoms with Crippen molar-refractivity contribution in [3.63, 3.8) is 0 Å². The van der Waals surface area contributed by atoms with E-state index in [-0.39, 0.29) is 55.0 Å². The molecule has 30 heavy (non-hydrogen) atoms. The van der Waals surface area contributed by atoms with Crippen molar-refractivity contribution in [2.24, 2.45) is 0 Å². The first kappa shape index (κ1) is 21.7. The number of carbonyl (C=O) groups excluding carboxylic acids is 3. The third-order valence-corrected chi connectivity index (χ3v) is 6.55. The van der Waals surface area contributed by atoms with Gasteiger partial charge in [-0.25, -0.2) is 8.42 Å². The van der Waals surface area contributed by atoms with Crippen LogP contribution in [0.15, 0.2) is 53.4 Å². The minimum absolute atomic E-state index is 0.00858. The molecule has 2 aromatic carbocycles. The summed E-state index contributed by atoms with van der Waals surface area (Å²) in [4.78, 5) is 35.9. The molecule has 1 aliphatic heterocycles. The standard InChI is InChI=1S/C21H23N3O5S/c1-15-5-7-16(8-6-15)19(25)9-10-20(26)23-17-3-2-4-18(13-17)30(28,29)24-12-11-22-21(27)14-24/h2-8,13H,9-12,14H2,1H3,(H,22,27)(H,23,26). The Kier molecular flexibility index (Phi) is 6.63. The van der Waals surface area contributed by atoms with E-state index in [1.54, 1.807) is 18.2 Å². The van der Waals surface area contributed by atoms with Crippen LogP contribution >= 0.6 is 0 Å². The number of hydrogen-bond acceptors (Lipinski definition) is 5. The van der Waals surface area contributed by atoms with Gasteiger partial charge in [0.05, 0.1) is 11.4 Å². The van der Waals surface area contributed by atoms with Crippen LogP contribution in [0.4, 0.5) is 5.69 Å². The molecule has 0 radical (unpaired) electrons. The van der Waals surface area contributed by atoms with E-state index in [0.717, 1.165) is 9.87 Å². The van der Waals surface area contributed by atoms with Gasteiger partial charge in [0, 0.05) is 37.2 Å². The summed E-state index contributed by atoms with van der Waals surface area (Å²) in [6, 6.07) is 13.0. The normalized spacial score (nSPS) is 14.8. The summed E-state index contributed by atoms with van der Waals surface area (Å²) in [7, 11) is -3.85. The summed E-state index contributed by atoms with van der Waals surface area (Å²) in [5, 5.41) is 5.21. The van der Waals surface area contributed by atoms with Crippen molar-refractivity contribution < 1.29 is 22.8 Å². The lowest BCUT2D eigenvalue weighted by molar-refractivity contribution is -0.122. The Bertz CT molecular complexity index is 1060. The molecule has 3 rings (SSSR count). The van der Waals surface area contributed by atoms with Crippen molar-refractivity contribution in [2.75, 3.05) is 25.0 Å². The molecule has 2 amide bonds. The smallest absolute Gasteiger partial charge is 0.243 e. The van der Waals surface area contributed by atoms with Crippen LogP contribution in [0.3, 0.4) is 0 Å². The molecule has 2 N–H and O–H groups in total.